The largest absolute Gasteiger partial charge is 0.452 e. The average Bonchev–Trinajstić information content (AvgIpc) is 3.81. The quantitative estimate of drug-likeness (QED) is 0.190. The number of hydrogen-bond donors (Lipinski definition) is 0. The molecular formula is C39H26N4O3. The molecule has 9 rings (SSSR count). The molecule has 0 fully saturated rings. The lowest BCUT2D eigenvalue weighted by atomic mass is 10.1. The fraction of sp³-hybridized carbons (Fsp3) is 0.0256. The molecule has 0 radical (unpaired) electrons. The summed E-state index contributed by atoms with van der Waals surface area (Å²) in [4.78, 5) is 6.85. The maximum Gasteiger partial charge on any atom is 0.178 e. The molecule has 0 aliphatic rings. The molecule has 0 aliphatic heterocycles. The second kappa shape index (κ2) is 10.4. The number of para-hydroxylation sites is 3. The molecular weight excluding hydrogens is 572 g/mol. The zero-order chi connectivity index (χ0) is 30.6. The molecule has 0 aliphatic carbocycles. The summed E-state index contributed by atoms with van der Waals surface area (Å²) in [5.41, 5.74) is 6.47. The molecule has 220 valence electrons. The average molecular weight is 599 g/mol. The molecule has 46 heavy (non-hydrogen) atoms. The summed E-state index contributed by atoms with van der Waals surface area (Å²) in [5, 5.41) is 8.57. The van der Waals surface area contributed by atoms with Crippen LogP contribution in [0, 0.1) is 0 Å². The third-order valence-electron chi connectivity index (χ3n) is 8.25. The first-order valence-electron chi connectivity index (χ1n) is 15.0. The minimum atomic E-state index is 0.556. The molecule has 0 amide bonds. The van der Waals surface area contributed by atoms with Crippen molar-refractivity contribution in [2.75, 3.05) is 4.90 Å². The standard InChI is InChI=1S/C39H26N4O3/c1-42-20-18-32(41-42)25-21-30-28-13-5-7-15-33(28)45-38(30)35(22-25)44-36-24-27(23-31-29-14-6-8-16-34(29)46-39(31)36)43(26-11-3-2-4-12-26)37-17-9-10-19-40-37/h2-24H,1H3. The number of pyridine rings is 1. The molecule has 0 N–H and O–H groups in total. The van der Waals surface area contributed by atoms with E-state index in [-0.39, 0.29) is 0 Å². The summed E-state index contributed by atoms with van der Waals surface area (Å²) in [5.74, 6) is 1.90. The van der Waals surface area contributed by atoms with Gasteiger partial charge in [-0.2, -0.15) is 5.10 Å². The van der Waals surface area contributed by atoms with Crippen molar-refractivity contribution >= 4 is 61.1 Å². The fourth-order valence-electron chi connectivity index (χ4n) is 6.17. The van der Waals surface area contributed by atoms with Gasteiger partial charge in [0.05, 0.1) is 11.4 Å². The summed E-state index contributed by atoms with van der Waals surface area (Å²) >= 11 is 0. The van der Waals surface area contributed by atoms with E-state index < -0.39 is 0 Å². The second-order valence-corrected chi connectivity index (χ2v) is 11.2. The van der Waals surface area contributed by atoms with Gasteiger partial charge in [0.15, 0.2) is 22.7 Å². The zero-order valence-corrected chi connectivity index (χ0v) is 24.8. The minimum absolute atomic E-state index is 0.556. The summed E-state index contributed by atoms with van der Waals surface area (Å²) < 4.78 is 21.6. The Hall–Kier alpha value is -6.34. The van der Waals surface area contributed by atoms with Gasteiger partial charge in [-0.25, -0.2) is 4.98 Å². The zero-order valence-electron chi connectivity index (χ0n) is 24.8. The number of aromatic nitrogens is 3. The molecule has 7 nitrogen and oxygen atoms in total. The lowest BCUT2D eigenvalue weighted by Crippen LogP contribution is -2.11. The van der Waals surface area contributed by atoms with Crippen molar-refractivity contribution in [1.82, 2.24) is 14.8 Å². The van der Waals surface area contributed by atoms with Crippen LogP contribution in [0.15, 0.2) is 149 Å². The monoisotopic (exact) mass is 598 g/mol. The number of ether oxygens (including phenoxy) is 1. The van der Waals surface area contributed by atoms with Crippen LogP contribution >= 0.6 is 0 Å². The Morgan fingerprint density at radius 2 is 1.26 bits per heavy atom. The molecule has 4 heterocycles. The second-order valence-electron chi connectivity index (χ2n) is 11.2. The van der Waals surface area contributed by atoms with E-state index in [1.54, 1.807) is 10.9 Å². The number of nitrogens with zero attached hydrogens (tertiary/aromatic N) is 4. The van der Waals surface area contributed by atoms with E-state index in [4.69, 9.17) is 18.6 Å². The first-order chi connectivity index (χ1) is 22.7. The Bertz CT molecular complexity index is 2490. The predicted molar refractivity (Wildman–Crippen MR) is 182 cm³/mol. The van der Waals surface area contributed by atoms with Gasteiger partial charge in [0.2, 0.25) is 0 Å². The molecule has 0 bridgehead atoms. The third-order valence-corrected chi connectivity index (χ3v) is 8.25. The van der Waals surface area contributed by atoms with Crippen LogP contribution in [0.25, 0.3) is 55.1 Å². The maximum absolute atomic E-state index is 6.93. The van der Waals surface area contributed by atoms with Crippen molar-refractivity contribution in [1.29, 1.82) is 0 Å². The van der Waals surface area contributed by atoms with Crippen LogP contribution in [0.5, 0.6) is 11.5 Å². The summed E-state index contributed by atoms with van der Waals surface area (Å²) in [6.07, 6.45) is 3.74. The Kier molecular flexibility index (Phi) is 5.89. The Morgan fingerprint density at radius 3 is 1.93 bits per heavy atom. The smallest absolute Gasteiger partial charge is 0.178 e. The van der Waals surface area contributed by atoms with Gasteiger partial charge in [0.1, 0.15) is 17.0 Å². The topological polar surface area (TPSA) is 69.5 Å². The summed E-state index contributed by atoms with van der Waals surface area (Å²) in [7, 11) is 1.91. The Balaban J connectivity index is 1.31. The van der Waals surface area contributed by atoms with Crippen LogP contribution in [0.1, 0.15) is 0 Å². The van der Waals surface area contributed by atoms with Crippen LogP contribution in [0.2, 0.25) is 0 Å². The van der Waals surface area contributed by atoms with Crippen LogP contribution in [-0.2, 0) is 7.05 Å². The number of rotatable bonds is 6. The van der Waals surface area contributed by atoms with E-state index in [0.29, 0.717) is 22.7 Å². The fourth-order valence-corrected chi connectivity index (χ4v) is 6.17. The minimum Gasteiger partial charge on any atom is -0.452 e. The van der Waals surface area contributed by atoms with Gasteiger partial charge in [0, 0.05) is 58.3 Å². The molecule has 0 atom stereocenters. The molecule has 4 aromatic heterocycles. The van der Waals surface area contributed by atoms with Crippen molar-refractivity contribution in [2.45, 2.75) is 0 Å². The molecule has 0 spiro atoms. The van der Waals surface area contributed by atoms with Crippen molar-refractivity contribution in [3.63, 3.8) is 0 Å². The van der Waals surface area contributed by atoms with Gasteiger partial charge < -0.3 is 13.6 Å². The number of anilines is 3. The van der Waals surface area contributed by atoms with E-state index in [1.807, 2.05) is 104 Å². The molecule has 7 heteroatoms. The first kappa shape index (κ1) is 26.1. The highest BCUT2D eigenvalue weighted by atomic mass is 16.5. The van der Waals surface area contributed by atoms with Crippen LogP contribution in [0.4, 0.5) is 17.2 Å². The van der Waals surface area contributed by atoms with E-state index in [2.05, 4.69) is 46.4 Å². The lowest BCUT2D eigenvalue weighted by molar-refractivity contribution is 0.471. The van der Waals surface area contributed by atoms with E-state index in [9.17, 15) is 0 Å². The van der Waals surface area contributed by atoms with Crippen LogP contribution in [-0.4, -0.2) is 14.8 Å². The van der Waals surface area contributed by atoms with E-state index >= 15 is 0 Å². The summed E-state index contributed by atoms with van der Waals surface area (Å²) in [6, 6.07) is 42.4. The Morgan fingerprint density at radius 1 is 0.609 bits per heavy atom. The van der Waals surface area contributed by atoms with E-state index in [0.717, 1.165) is 61.2 Å². The number of benzene rings is 5. The van der Waals surface area contributed by atoms with Gasteiger partial charge in [0.25, 0.3) is 0 Å². The van der Waals surface area contributed by atoms with Crippen LogP contribution < -0.4 is 9.64 Å². The van der Waals surface area contributed by atoms with Crippen molar-refractivity contribution < 1.29 is 13.6 Å². The van der Waals surface area contributed by atoms with Crippen molar-refractivity contribution in [3.8, 4) is 22.8 Å². The molecule has 5 aromatic carbocycles. The van der Waals surface area contributed by atoms with Crippen molar-refractivity contribution in [2.24, 2.45) is 7.05 Å². The molecule has 0 saturated heterocycles. The SMILES string of the molecule is Cn1ccc(-c2cc(Oc3cc(N(c4ccccc4)c4ccccn4)cc4c3oc3ccccc34)c3oc4ccccc4c3c2)n1. The predicted octanol–water partition coefficient (Wildman–Crippen LogP) is 10.5. The van der Waals surface area contributed by atoms with E-state index in [1.165, 1.54) is 0 Å². The summed E-state index contributed by atoms with van der Waals surface area (Å²) in [6.45, 7) is 0. The molecule has 0 unspecified atom stereocenters. The Labute approximate surface area is 263 Å². The van der Waals surface area contributed by atoms with Gasteiger partial charge in [-0.05, 0) is 60.7 Å². The van der Waals surface area contributed by atoms with Gasteiger partial charge in [-0.3, -0.25) is 9.58 Å². The van der Waals surface area contributed by atoms with Gasteiger partial charge in [-0.1, -0.05) is 60.7 Å². The highest BCUT2D eigenvalue weighted by molar-refractivity contribution is 6.10. The van der Waals surface area contributed by atoms with Crippen molar-refractivity contribution in [3.05, 3.63) is 140 Å². The van der Waals surface area contributed by atoms with Crippen LogP contribution in [0.3, 0.4) is 0 Å². The highest BCUT2D eigenvalue weighted by Gasteiger charge is 2.22. The molecule has 0 saturated carbocycles. The van der Waals surface area contributed by atoms with Gasteiger partial charge >= 0.3 is 0 Å². The maximum atomic E-state index is 6.93. The number of aryl methyl sites for hydroxylation is 1. The highest BCUT2D eigenvalue weighted by Crippen LogP contribution is 2.46. The number of fused-ring (bicyclic) bond motifs is 6. The molecule has 9 aromatic rings. The number of furan rings is 2. The number of hydrogen-bond acceptors (Lipinski definition) is 6. The van der Waals surface area contributed by atoms with Gasteiger partial charge in [-0.15, -0.1) is 0 Å². The normalized spacial score (nSPS) is 11.6. The first-order valence-corrected chi connectivity index (χ1v) is 15.0. The lowest BCUT2D eigenvalue weighted by Gasteiger charge is -2.24. The third kappa shape index (κ3) is 4.29.